The first-order valence-electron chi connectivity index (χ1n) is 3.47. The number of methoxy groups -OCH3 is 1. The summed E-state index contributed by atoms with van der Waals surface area (Å²) in [6.07, 6.45) is -1.53. The molecule has 0 spiro atoms. The predicted octanol–water partition coefficient (Wildman–Crippen LogP) is 2.50. The number of alkyl halides is 3. The molecule has 1 aliphatic carbocycles. The van der Waals surface area contributed by atoms with Crippen molar-refractivity contribution in [3.05, 3.63) is 29.4 Å². The van der Waals surface area contributed by atoms with Gasteiger partial charge in [-0.3, -0.25) is 0 Å². The highest BCUT2D eigenvalue weighted by Crippen LogP contribution is 2.23. The van der Waals surface area contributed by atoms with Crippen LogP contribution in [-0.2, 0) is 9.47 Å². The maximum absolute atomic E-state index is 11.7. The Bertz CT molecular complexity index is 282. The Morgan fingerprint density at radius 3 is 2.69 bits per heavy atom. The molecule has 0 atom stereocenters. The van der Waals surface area contributed by atoms with Crippen LogP contribution < -0.4 is 0 Å². The topological polar surface area (TPSA) is 18.5 Å². The van der Waals surface area contributed by atoms with Gasteiger partial charge in [0.2, 0.25) is 0 Å². The van der Waals surface area contributed by atoms with Crippen LogP contribution in [0.2, 0.25) is 0 Å². The molecule has 0 aliphatic heterocycles. The maximum atomic E-state index is 11.7. The van der Waals surface area contributed by atoms with Crippen LogP contribution in [0.15, 0.2) is 29.4 Å². The Hall–Kier alpha value is -1.35. The van der Waals surface area contributed by atoms with E-state index in [1.54, 1.807) is 0 Å². The van der Waals surface area contributed by atoms with Crippen molar-refractivity contribution in [1.82, 2.24) is 0 Å². The molecular weight excluding hydrogens is 185 g/mol. The van der Waals surface area contributed by atoms with Crippen LogP contribution in [0.1, 0.15) is 6.42 Å². The van der Waals surface area contributed by atoms with Crippen molar-refractivity contribution in [2.45, 2.75) is 12.8 Å². The molecule has 0 saturated carbocycles. The predicted molar refractivity (Wildman–Crippen MR) is 38.4 cm³/mol. The van der Waals surface area contributed by atoms with Gasteiger partial charge in [-0.1, -0.05) is 6.08 Å². The number of halogens is 3. The Kier molecular flexibility index (Phi) is 2.68. The second-order valence-electron chi connectivity index (χ2n) is 2.27. The van der Waals surface area contributed by atoms with E-state index in [0.29, 0.717) is 12.2 Å². The normalized spacial score (nSPS) is 16.3. The largest absolute Gasteiger partial charge is 0.573 e. The number of hydrogen-bond acceptors (Lipinski definition) is 2. The number of hydrogen-bond donors (Lipinski definition) is 0. The van der Waals surface area contributed by atoms with Gasteiger partial charge in [0.1, 0.15) is 5.76 Å². The monoisotopic (exact) mass is 192 g/mol. The van der Waals surface area contributed by atoms with Crippen LogP contribution in [-0.4, -0.2) is 13.5 Å². The Morgan fingerprint density at radius 2 is 2.15 bits per heavy atom. The maximum Gasteiger partial charge on any atom is 0.573 e. The highest BCUT2D eigenvalue weighted by molar-refractivity contribution is 5.20. The summed E-state index contributed by atoms with van der Waals surface area (Å²) in [5.74, 6) is -0.0580. The molecule has 2 nitrogen and oxygen atoms in total. The first-order valence-corrected chi connectivity index (χ1v) is 3.47. The molecule has 5 heteroatoms. The number of rotatable bonds is 2. The van der Waals surface area contributed by atoms with Crippen molar-refractivity contribution >= 4 is 0 Å². The third kappa shape index (κ3) is 3.25. The van der Waals surface area contributed by atoms with Gasteiger partial charge in [0.05, 0.1) is 7.11 Å². The van der Waals surface area contributed by atoms with Crippen molar-refractivity contribution in [2.24, 2.45) is 0 Å². The van der Waals surface area contributed by atoms with Gasteiger partial charge in [-0.25, -0.2) is 0 Å². The summed E-state index contributed by atoms with van der Waals surface area (Å²) < 4.78 is 43.5. The zero-order chi connectivity index (χ0) is 9.90. The average molecular weight is 192 g/mol. The summed E-state index contributed by atoms with van der Waals surface area (Å²) in [6.45, 7) is 0. The minimum atomic E-state index is -4.68. The SMILES string of the molecule is COC1=C=C(OC(F)(F)F)C=CC1. The van der Waals surface area contributed by atoms with Gasteiger partial charge in [0.25, 0.3) is 0 Å². The summed E-state index contributed by atoms with van der Waals surface area (Å²) in [5, 5.41) is 0. The summed E-state index contributed by atoms with van der Waals surface area (Å²) >= 11 is 0. The van der Waals surface area contributed by atoms with Crippen molar-refractivity contribution in [2.75, 3.05) is 7.11 Å². The summed E-state index contributed by atoms with van der Waals surface area (Å²) in [7, 11) is 1.37. The van der Waals surface area contributed by atoms with E-state index in [4.69, 9.17) is 4.74 Å². The fourth-order valence-corrected chi connectivity index (χ4v) is 0.822. The summed E-state index contributed by atoms with van der Waals surface area (Å²) in [4.78, 5) is 0. The molecule has 0 fully saturated rings. The van der Waals surface area contributed by atoms with Gasteiger partial charge in [0, 0.05) is 6.42 Å². The van der Waals surface area contributed by atoms with E-state index in [9.17, 15) is 13.2 Å². The second-order valence-corrected chi connectivity index (χ2v) is 2.27. The van der Waals surface area contributed by atoms with Crippen LogP contribution in [0.5, 0.6) is 0 Å². The highest BCUT2D eigenvalue weighted by atomic mass is 19.4. The summed E-state index contributed by atoms with van der Waals surface area (Å²) in [6, 6.07) is 0. The van der Waals surface area contributed by atoms with E-state index in [2.05, 4.69) is 10.5 Å². The molecule has 0 saturated heterocycles. The molecule has 0 N–H and O–H groups in total. The van der Waals surface area contributed by atoms with Crippen LogP contribution >= 0.6 is 0 Å². The van der Waals surface area contributed by atoms with E-state index in [0.717, 1.165) is 0 Å². The van der Waals surface area contributed by atoms with E-state index in [1.807, 2.05) is 0 Å². The summed E-state index contributed by atoms with van der Waals surface area (Å²) in [5.41, 5.74) is 2.34. The molecule has 0 unspecified atom stereocenters. The van der Waals surface area contributed by atoms with E-state index >= 15 is 0 Å². The van der Waals surface area contributed by atoms with Gasteiger partial charge in [-0.05, 0) is 11.8 Å². The molecule has 0 heterocycles. The van der Waals surface area contributed by atoms with E-state index < -0.39 is 6.36 Å². The first-order chi connectivity index (χ1) is 6.01. The van der Waals surface area contributed by atoms with Crippen molar-refractivity contribution < 1.29 is 22.6 Å². The zero-order valence-corrected chi connectivity index (χ0v) is 6.81. The molecule has 0 aromatic rings. The molecule has 0 bridgehead atoms. The molecule has 0 aromatic carbocycles. The molecule has 0 radical (unpaired) electrons. The second kappa shape index (κ2) is 3.58. The zero-order valence-electron chi connectivity index (χ0n) is 6.81. The van der Waals surface area contributed by atoms with Crippen LogP contribution in [0.25, 0.3) is 0 Å². The minimum Gasteiger partial charge on any atom is -0.493 e. The van der Waals surface area contributed by atoms with Gasteiger partial charge in [-0.15, -0.1) is 13.2 Å². The van der Waals surface area contributed by atoms with Crippen LogP contribution in [0.3, 0.4) is 0 Å². The van der Waals surface area contributed by atoms with Crippen molar-refractivity contribution in [3.8, 4) is 0 Å². The van der Waals surface area contributed by atoms with Crippen LogP contribution in [0, 0.1) is 0 Å². The lowest BCUT2D eigenvalue weighted by Gasteiger charge is -2.10. The quantitative estimate of drug-likeness (QED) is 0.626. The lowest BCUT2D eigenvalue weighted by Crippen LogP contribution is -2.12. The molecule has 1 aliphatic rings. The Balaban J connectivity index is 2.79. The van der Waals surface area contributed by atoms with E-state index in [-0.39, 0.29) is 5.76 Å². The van der Waals surface area contributed by atoms with Gasteiger partial charge >= 0.3 is 6.36 Å². The minimum absolute atomic E-state index is 0.321. The lowest BCUT2D eigenvalue weighted by atomic mass is 10.2. The molecule has 72 valence electrons. The molecular formula is C8H7F3O2. The Morgan fingerprint density at radius 1 is 1.46 bits per heavy atom. The average Bonchev–Trinajstić information content (AvgIpc) is 2.01. The third-order valence-electron chi connectivity index (χ3n) is 1.31. The van der Waals surface area contributed by atoms with Crippen molar-refractivity contribution in [1.29, 1.82) is 0 Å². The molecule has 0 amide bonds. The fraction of sp³-hybridized carbons (Fsp3) is 0.375. The number of allylic oxidation sites excluding steroid dienone is 1. The fourth-order valence-electron chi connectivity index (χ4n) is 0.822. The first kappa shape index (κ1) is 9.74. The van der Waals surface area contributed by atoms with Gasteiger partial charge < -0.3 is 9.47 Å². The third-order valence-corrected chi connectivity index (χ3v) is 1.31. The van der Waals surface area contributed by atoms with Gasteiger partial charge in [-0.2, -0.15) is 0 Å². The molecule has 1 rings (SSSR count). The van der Waals surface area contributed by atoms with Crippen LogP contribution in [0.4, 0.5) is 13.2 Å². The standard InChI is InChI=1S/C8H7F3O2/c1-12-6-3-2-4-7(5-6)13-8(9,10)11/h2,4H,3H2,1H3. The van der Waals surface area contributed by atoms with Gasteiger partial charge in [0.15, 0.2) is 5.76 Å². The van der Waals surface area contributed by atoms with E-state index in [1.165, 1.54) is 19.3 Å². The Labute approximate surface area is 72.9 Å². The molecule has 13 heavy (non-hydrogen) atoms. The smallest absolute Gasteiger partial charge is 0.493 e. The number of ether oxygens (including phenoxy) is 2. The van der Waals surface area contributed by atoms with Crippen molar-refractivity contribution in [3.63, 3.8) is 0 Å². The molecule has 0 aromatic heterocycles. The highest BCUT2D eigenvalue weighted by Gasteiger charge is 2.31. The lowest BCUT2D eigenvalue weighted by molar-refractivity contribution is -0.303.